The molecular weight excluding hydrogens is 229 g/mol. The summed E-state index contributed by atoms with van der Waals surface area (Å²) >= 11 is 3.89. The molecule has 0 amide bonds. The summed E-state index contributed by atoms with van der Waals surface area (Å²) in [6.07, 6.45) is -4.42. The summed E-state index contributed by atoms with van der Waals surface area (Å²) < 4.78 is 39.7. The second-order valence-corrected chi connectivity index (χ2v) is 3.01. The average molecular weight is 234 g/mol. The number of hydrogen-bond donors (Lipinski definition) is 1. The first kappa shape index (κ1) is 11.7. The van der Waals surface area contributed by atoms with Crippen molar-refractivity contribution in [2.45, 2.75) is 11.1 Å². The minimum Gasteiger partial charge on any atom is -0.468 e. The summed E-state index contributed by atoms with van der Waals surface area (Å²) in [5.41, 5.74) is -0.0713. The predicted octanol–water partition coefficient (Wildman–Crippen LogP) is 2.18. The van der Waals surface area contributed by atoms with Crippen LogP contribution in [0.25, 0.3) is 0 Å². The predicted molar refractivity (Wildman–Crippen MR) is 47.8 cm³/mol. The molecule has 0 N–H and O–H groups in total. The molecule has 7 heteroatoms. The highest BCUT2D eigenvalue weighted by Crippen LogP contribution is 2.19. The van der Waals surface area contributed by atoms with Crippen molar-refractivity contribution in [3.63, 3.8) is 0 Å². The molecule has 1 aromatic heterocycles. The van der Waals surface area contributed by atoms with Gasteiger partial charge in [-0.05, 0) is 6.07 Å². The van der Waals surface area contributed by atoms with Gasteiger partial charge in [0.1, 0.15) is 6.07 Å². The lowest BCUT2D eigenvalue weighted by atomic mass is 10.4. The van der Waals surface area contributed by atoms with Gasteiger partial charge in [0.2, 0.25) is 5.88 Å². The van der Waals surface area contributed by atoms with Gasteiger partial charge in [0, 0.05) is 11.0 Å². The Morgan fingerprint density at radius 3 is 2.67 bits per heavy atom. The van der Waals surface area contributed by atoms with E-state index in [-0.39, 0.29) is 16.5 Å². The van der Waals surface area contributed by atoms with Crippen LogP contribution in [0.2, 0.25) is 0 Å². The van der Waals surface area contributed by atoms with Gasteiger partial charge in [0.15, 0.2) is 12.3 Å². The van der Waals surface area contributed by atoms with Crippen LogP contribution in [0, 0.1) is 11.3 Å². The highest BCUT2D eigenvalue weighted by molar-refractivity contribution is 7.80. The van der Waals surface area contributed by atoms with Crippen molar-refractivity contribution in [1.82, 2.24) is 4.98 Å². The van der Waals surface area contributed by atoms with Crippen LogP contribution in [0.5, 0.6) is 5.88 Å². The third-order valence-electron chi connectivity index (χ3n) is 1.34. The molecule has 0 radical (unpaired) electrons. The Kier molecular flexibility index (Phi) is 3.42. The van der Waals surface area contributed by atoms with Gasteiger partial charge in [-0.3, -0.25) is 0 Å². The van der Waals surface area contributed by atoms with Crippen molar-refractivity contribution < 1.29 is 17.9 Å². The Hall–Kier alpha value is -1.42. The SMILES string of the molecule is N#Cc1nc(OCC(F)(F)F)ccc1S. The van der Waals surface area contributed by atoms with Crippen LogP contribution in [-0.4, -0.2) is 17.8 Å². The zero-order valence-electron chi connectivity index (χ0n) is 7.25. The van der Waals surface area contributed by atoms with E-state index in [0.717, 1.165) is 0 Å². The zero-order valence-corrected chi connectivity index (χ0v) is 8.14. The van der Waals surface area contributed by atoms with Crippen LogP contribution in [-0.2, 0) is 0 Å². The number of thiol groups is 1. The van der Waals surface area contributed by atoms with Crippen molar-refractivity contribution in [3.05, 3.63) is 17.8 Å². The van der Waals surface area contributed by atoms with Crippen LogP contribution in [0.1, 0.15) is 5.69 Å². The number of halogens is 3. The summed E-state index contributed by atoms with van der Waals surface area (Å²) in [6.45, 7) is -1.43. The van der Waals surface area contributed by atoms with E-state index in [9.17, 15) is 13.2 Å². The second kappa shape index (κ2) is 4.40. The highest BCUT2D eigenvalue weighted by Gasteiger charge is 2.28. The molecule has 1 heterocycles. The molecule has 0 atom stereocenters. The fourth-order valence-corrected chi connectivity index (χ4v) is 0.927. The number of rotatable bonds is 2. The summed E-state index contributed by atoms with van der Waals surface area (Å²) in [4.78, 5) is 3.82. The Bertz CT molecular complexity index is 400. The largest absolute Gasteiger partial charge is 0.468 e. The Labute approximate surface area is 88.9 Å². The van der Waals surface area contributed by atoms with Gasteiger partial charge in [0.05, 0.1) is 0 Å². The van der Waals surface area contributed by atoms with Crippen LogP contribution in [0.15, 0.2) is 17.0 Å². The number of ether oxygens (including phenoxy) is 1. The van der Waals surface area contributed by atoms with Gasteiger partial charge in [-0.25, -0.2) is 4.98 Å². The molecule has 0 unspecified atom stereocenters. The second-order valence-electron chi connectivity index (χ2n) is 2.53. The average Bonchev–Trinajstić information content (AvgIpc) is 2.15. The maximum atomic E-state index is 11.8. The fraction of sp³-hybridized carbons (Fsp3) is 0.250. The first-order chi connectivity index (χ1) is 6.92. The molecule has 1 rings (SSSR count). The van der Waals surface area contributed by atoms with Crippen molar-refractivity contribution in [1.29, 1.82) is 5.26 Å². The first-order valence-electron chi connectivity index (χ1n) is 3.72. The quantitative estimate of drug-likeness (QED) is 0.798. The first-order valence-corrected chi connectivity index (χ1v) is 4.17. The van der Waals surface area contributed by atoms with Gasteiger partial charge in [0.25, 0.3) is 0 Å². The molecule has 0 aliphatic rings. The van der Waals surface area contributed by atoms with E-state index >= 15 is 0 Å². The Morgan fingerprint density at radius 1 is 1.47 bits per heavy atom. The van der Waals surface area contributed by atoms with E-state index in [1.165, 1.54) is 12.1 Å². The van der Waals surface area contributed by atoms with Gasteiger partial charge in [-0.15, -0.1) is 12.6 Å². The van der Waals surface area contributed by atoms with E-state index < -0.39 is 12.8 Å². The van der Waals surface area contributed by atoms with Crippen molar-refractivity contribution in [2.75, 3.05) is 6.61 Å². The minimum atomic E-state index is -4.42. The minimum absolute atomic E-state index is 0.0713. The lowest BCUT2D eigenvalue weighted by Crippen LogP contribution is -2.19. The van der Waals surface area contributed by atoms with E-state index in [0.29, 0.717) is 0 Å². The van der Waals surface area contributed by atoms with Gasteiger partial charge >= 0.3 is 6.18 Å². The summed E-state index contributed by atoms with van der Waals surface area (Å²) in [5.74, 6) is -0.248. The molecule has 1 aromatic rings. The van der Waals surface area contributed by atoms with Gasteiger partial charge in [-0.2, -0.15) is 18.4 Å². The number of nitrogens with zero attached hydrogens (tertiary/aromatic N) is 2. The van der Waals surface area contributed by atoms with Crippen LogP contribution < -0.4 is 4.74 Å². The molecule has 0 aliphatic heterocycles. The molecule has 0 aliphatic carbocycles. The summed E-state index contributed by atoms with van der Waals surface area (Å²) in [7, 11) is 0. The third kappa shape index (κ3) is 3.67. The molecule has 0 bridgehead atoms. The number of aromatic nitrogens is 1. The molecule has 0 aromatic carbocycles. The zero-order chi connectivity index (χ0) is 11.5. The van der Waals surface area contributed by atoms with E-state index in [2.05, 4.69) is 22.3 Å². The van der Waals surface area contributed by atoms with Crippen LogP contribution in [0.4, 0.5) is 13.2 Å². The molecule has 0 spiro atoms. The Morgan fingerprint density at radius 2 is 2.13 bits per heavy atom. The molecule has 0 saturated carbocycles. The van der Waals surface area contributed by atoms with Crippen molar-refractivity contribution in [3.8, 4) is 11.9 Å². The lowest BCUT2D eigenvalue weighted by molar-refractivity contribution is -0.154. The van der Waals surface area contributed by atoms with E-state index in [1.807, 2.05) is 0 Å². The molecule has 0 fully saturated rings. The normalized spacial score (nSPS) is 10.9. The fourth-order valence-electron chi connectivity index (χ4n) is 0.752. The summed E-state index contributed by atoms with van der Waals surface area (Å²) in [5, 5.41) is 8.53. The standard InChI is InChI=1S/C8H5F3N2OS/c9-8(10,11)4-14-7-2-1-6(15)5(3-12)13-7/h1-2,15H,4H2. The molecular formula is C8H5F3N2OS. The van der Waals surface area contributed by atoms with Gasteiger partial charge in [-0.1, -0.05) is 0 Å². The molecule has 0 saturated heterocycles. The molecule has 15 heavy (non-hydrogen) atoms. The number of pyridine rings is 1. The van der Waals surface area contributed by atoms with E-state index in [4.69, 9.17) is 5.26 Å². The highest BCUT2D eigenvalue weighted by atomic mass is 32.1. The topological polar surface area (TPSA) is 45.9 Å². The molecule has 80 valence electrons. The monoisotopic (exact) mass is 234 g/mol. The maximum Gasteiger partial charge on any atom is 0.422 e. The van der Waals surface area contributed by atoms with Crippen molar-refractivity contribution in [2.24, 2.45) is 0 Å². The number of nitriles is 1. The maximum absolute atomic E-state index is 11.8. The molecule has 3 nitrogen and oxygen atoms in total. The van der Waals surface area contributed by atoms with E-state index in [1.54, 1.807) is 6.07 Å². The van der Waals surface area contributed by atoms with Crippen LogP contribution in [0.3, 0.4) is 0 Å². The van der Waals surface area contributed by atoms with Gasteiger partial charge < -0.3 is 4.74 Å². The number of hydrogen-bond acceptors (Lipinski definition) is 4. The van der Waals surface area contributed by atoms with Crippen molar-refractivity contribution >= 4 is 12.6 Å². The lowest BCUT2D eigenvalue weighted by Gasteiger charge is -2.08. The third-order valence-corrected chi connectivity index (χ3v) is 1.70. The Balaban J connectivity index is 2.76. The summed E-state index contributed by atoms with van der Waals surface area (Å²) in [6, 6.07) is 4.25. The smallest absolute Gasteiger partial charge is 0.422 e. The number of alkyl halides is 3. The van der Waals surface area contributed by atoms with Crippen LogP contribution >= 0.6 is 12.6 Å².